The number of aromatic amines is 1. The molecular weight excluding hydrogens is 253 g/mol. The van der Waals surface area contributed by atoms with Gasteiger partial charge in [0, 0.05) is 18.8 Å². The molecule has 0 atom stereocenters. The van der Waals surface area contributed by atoms with Crippen molar-refractivity contribution in [3.63, 3.8) is 0 Å². The van der Waals surface area contributed by atoms with Gasteiger partial charge in [0.15, 0.2) is 0 Å². The molecule has 2 heterocycles. The molecule has 0 amide bonds. The molecule has 0 saturated carbocycles. The maximum Gasteiger partial charge on any atom is 0.449 e. The van der Waals surface area contributed by atoms with Crippen LogP contribution in [0.15, 0.2) is 18.5 Å². The number of aromatic nitrogens is 4. The lowest BCUT2D eigenvalue weighted by molar-refractivity contribution is -0.144. The van der Waals surface area contributed by atoms with E-state index in [0.717, 1.165) is 0 Å². The highest BCUT2D eigenvalue weighted by Gasteiger charge is 2.34. The standard InChI is InChI=1S/C9H7F3N4S/c1-16-4-5(3-13-16)6-2-7(17)15-8(14-6)9(10,11)12/h2-4H,1H3,(H,14,15,17). The summed E-state index contributed by atoms with van der Waals surface area (Å²) in [6.45, 7) is 0. The average molecular weight is 260 g/mol. The predicted octanol–water partition coefficient (Wildman–Crippen LogP) is 2.56. The molecule has 17 heavy (non-hydrogen) atoms. The van der Waals surface area contributed by atoms with Gasteiger partial charge in [-0.25, -0.2) is 4.98 Å². The number of hydrogen-bond acceptors (Lipinski definition) is 3. The molecule has 0 saturated heterocycles. The van der Waals surface area contributed by atoms with E-state index in [0.29, 0.717) is 5.56 Å². The molecule has 0 spiro atoms. The highest BCUT2D eigenvalue weighted by Crippen LogP contribution is 2.27. The third kappa shape index (κ3) is 2.52. The van der Waals surface area contributed by atoms with Crippen molar-refractivity contribution in [3.05, 3.63) is 28.9 Å². The van der Waals surface area contributed by atoms with Crippen LogP contribution in [0.3, 0.4) is 0 Å². The first kappa shape index (κ1) is 11.8. The van der Waals surface area contributed by atoms with Crippen LogP contribution in [-0.2, 0) is 13.2 Å². The van der Waals surface area contributed by atoms with Gasteiger partial charge in [-0.2, -0.15) is 18.3 Å². The largest absolute Gasteiger partial charge is 0.449 e. The summed E-state index contributed by atoms with van der Waals surface area (Å²) in [7, 11) is 1.67. The Morgan fingerprint density at radius 2 is 2.12 bits per heavy atom. The fraction of sp³-hybridized carbons (Fsp3) is 0.222. The zero-order valence-corrected chi connectivity index (χ0v) is 9.43. The van der Waals surface area contributed by atoms with Gasteiger partial charge in [-0.3, -0.25) is 4.68 Å². The van der Waals surface area contributed by atoms with Crippen LogP contribution in [0.4, 0.5) is 13.2 Å². The molecule has 2 aromatic heterocycles. The topological polar surface area (TPSA) is 46.5 Å². The first-order valence-corrected chi connectivity index (χ1v) is 4.94. The average Bonchev–Trinajstić information content (AvgIpc) is 2.62. The minimum Gasteiger partial charge on any atom is -0.335 e. The van der Waals surface area contributed by atoms with Crippen molar-refractivity contribution >= 4 is 12.2 Å². The van der Waals surface area contributed by atoms with Crippen molar-refractivity contribution in [2.24, 2.45) is 7.05 Å². The third-order valence-electron chi connectivity index (χ3n) is 2.03. The maximum absolute atomic E-state index is 12.5. The summed E-state index contributed by atoms with van der Waals surface area (Å²) in [4.78, 5) is 5.44. The highest BCUT2D eigenvalue weighted by atomic mass is 32.1. The molecule has 0 aromatic carbocycles. The van der Waals surface area contributed by atoms with Gasteiger partial charge in [0.1, 0.15) is 4.64 Å². The summed E-state index contributed by atoms with van der Waals surface area (Å²) in [5.41, 5.74) is 0.761. The van der Waals surface area contributed by atoms with Gasteiger partial charge < -0.3 is 4.98 Å². The molecule has 1 N–H and O–H groups in total. The molecule has 2 aromatic rings. The number of alkyl halides is 3. The van der Waals surface area contributed by atoms with Crippen LogP contribution in [0.5, 0.6) is 0 Å². The summed E-state index contributed by atoms with van der Waals surface area (Å²) in [6, 6.07) is 1.36. The lowest BCUT2D eigenvalue weighted by atomic mass is 10.2. The predicted molar refractivity (Wildman–Crippen MR) is 56.6 cm³/mol. The van der Waals surface area contributed by atoms with E-state index in [-0.39, 0.29) is 10.3 Å². The van der Waals surface area contributed by atoms with Gasteiger partial charge in [-0.15, -0.1) is 0 Å². The van der Waals surface area contributed by atoms with E-state index in [1.807, 2.05) is 0 Å². The van der Waals surface area contributed by atoms with Crippen molar-refractivity contribution in [3.8, 4) is 11.3 Å². The van der Waals surface area contributed by atoms with Crippen LogP contribution >= 0.6 is 12.2 Å². The molecule has 4 nitrogen and oxygen atoms in total. The monoisotopic (exact) mass is 260 g/mol. The molecule has 0 aliphatic heterocycles. The van der Waals surface area contributed by atoms with Crippen LogP contribution in [0.2, 0.25) is 0 Å². The Labute approximate surface area is 99.1 Å². The zero-order chi connectivity index (χ0) is 12.6. The summed E-state index contributed by atoms with van der Waals surface area (Å²) in [5, 5.41) is 3.88. The van der Waals surface area contributed by atoms with E-state index in [9.17, 15) is 13.2 Å². The van der Waals surface area contributed by atoms with Gasteiger partial charge in [0.05, 0.1) is 11.9 Å². The summed E-state index contributed by atoms with van der Waals surface area (Å²) in [5.74, 6) is -1.11. The Balaban J connectivity index is 2.57. The molecule has 0 aliphatic rings. The molecular formula is C9H7F3N4S. The molecule has 0 radical (unpaired) electrons. The minimum absolute atomic E-state index is 0.116. The minimum atomic E-state index is -4.55. The van der Waals surface area contributed by atoms with E-state index >= 15 is 0 Å². The molecule has 8 heteroatoms. The second-order valence-electron chi connectivity index (χ2n) is 3.38. The molecule has 0 bridgehead atoms. The van der Waals surface area contributed by atoms with E-state index in [1.165, 1.54) is 16.9 Å². The van der Waals surface area contributed by atoms with E-state index in [4.69, 9.17) is 12.2 Å². The Morgan fingerprint density at radius 3 is 2.65 bits per heavy atom. The van der Waals surface area contributed by atoms with Gasteiger partial charge in [0.25, 0.3) is 0 Å². The fourth-order valence-electron chi connectivity index (χ4n) is 1.31. The number of hydrogen-bond donors (Lipinski definition) is 1. The normalized spacial score (nSPS) is 11.8. The number of aryl methyl sites for hydroxylation is 1. The van der Waals surface area contributed by atoms with E-state index < -0.39 is 12.0 Å². The first-order valence-electron chi connectivity index (χ1n) is 4.54. The maximum atomic E-state index is 12.5. The summed E-state index contributed by atoms with van der Waals surface area (Å²) < 4.78 is 38.9. The lowest BCUT2D eigenvalue weighted by Crippen LogP contribution is -2.11. The second kappa shape index (κ2) is 3.95. The number of rotatable bonds is 1. The zero-order valence-electron chi connectivity index (χ0n) is 8.62. The number of H-pyrrole nitrogens is 1. The molecule has 0 unspecified atom stereocenters. The van der Waals surface area contributed by atoms with E-state index in [1.54, 1.807) is 13.2 Å². The Kier molecular flexibility index (Phi) is 2.74. The molecule has 90 valence electrons. The van der Waals surface area contributed by atoms with Crippen LogP contribution < -0.4 is 0 Å². The number of nitrogens with one attached hydrogen (secondary N) is 1. The van der Waals surface area contributed by atoms with Crippen molar-refractivity contribution in [1.29, 1.82) is 0 Å². The third-order valence-corrected chi connectivity index (χ3v) is 2.24. The summed E-state index contributed by atoms with van der Waals surface area (Å²) >= 11 is 4.70. The van der Waals surface area contributed by atoms with E-state index in [2.05, 4.69) is 15.1 Å². The van der Waals surface area contributed by atoms with Crippen molar-refractivity contribution in [1.82, 2.24) is 19.7 Å². The Hall–Kier alpha value is -1.70. The van der Waals surface area contributed by atoms with Crippen molar-refractivity contribution in [2.45, 2.75) is 6.18 Å². The molecule has 0 fully saturated rings. The SMILES string of the molecule is Cn1cc(-c2cc(=S)nc(C(F)(F)F)[nH]2)cn1. The summed E-state index contributed by atoms with van der Waals surface area (Å²) in [6.07, 6.45) is -1.52. The van der Waals surface area contributed by atoms with Crippen molar-refractivity contribution in [2.75, 3.05) is 0 Å². The van der Waals surface area contributed by atoms with Crippen LogP contribution in [-0.4, -0.2) is 19.7 Å². The lowest BCUT2D eigenvalue weighted by Gasteiger charge is -2.07. The fourth-order valence-corrected chi connectivity index (χ4v) is 1.52. The van der Waals surface area contributed by atoms with Gasteiger partial charge in [-0.05, 0) is 6.07 Å². The van der Waals surface area contributed by atoms with Gasteiger partial charge in [0.2, 0.25) is 5.82 Å². The second-order valence-corrected chi connectivity index (χ2v) is 3.80. The van der Waals surface area contributed by atoms with Crippen LogP contribution in [0.25, 0.3) is 11.3 Å². The molecule has 2 rings (SSSR count). The Bertz CT molecular complexity index is 599. The smallest absolute Gasteiger partial charge is 0.335 e. The highest BCUT2D eigenvalue weighted by molar-refractivity contribution is 7.71. The quantitative estimate of drug-likeness (QED) is 0.801. The number of halogens is 3. The number of nitrogens with zero attached hydrogens (tertiary/aromatic N) is 3. The Morgan fingerprint density at radius 1 is 1.41 bits per heavy atom. The first-order chi connectivity index (χ1) is 7.86. The van der Waals surface area contributed by atoms with Gasteiger partial charge in [-0.1, -0.05) is 12.2 Å². The van der Waals surface area contributed by atoms with Crippen molar-refractivity contribution < 1.29 is 13.2 Å². The molecule has 0 aliphatic carbocycles. The van der Waals surface area contributed by atoms with Crippen LogP contribution in [0.1, 0.15) is 5.82 Å². The van der Waals surface area contributed by atoms with Gasteiger partial charge >= 0.3 is 6.18 Å². The van der Waals surface area contributed by atoms with Crippen LogP contribution in [0, 0.1) is 4.64 Å².